The second kappa shape index (κ2) is 5.88. The van der Waals surface area contributed by atoms with Crippen molar-refractivity contribution in [2.75, 3.05) is 0 Å². The van der Waals surface area contributed by atoms with Crippen LogP contribution < -0.4 is 5.32 Å². The number of hydrogen-bond donors (Lipinski definition) is 1. The summed E-state index contributed by atoms with van der Waals surface area (Å²) >= 11 is 3.56. The minimum absolute atomic E-state index is 0.506. The molecule has 0 unspecified atom stereocenters. The Labute approximate surface area is 123 Å². The molecule has 0 saturated carbocycles. The van der Waals surface area contributed by atoms with Crippen molar-refractivity contribution in [2.45, 2.75) is 40.3 Å². The topological polar surface area (TPSA) is 29.9 Å². The average Bonchev–Trinajstić information content (AvgIpc) is 2.65. The molecule has 4 heteroatoms. The molecule has 0 fully saturated rings. The molecule has 1 aromatic heterocycles. The Morgan fingerprint density at radius 1 is 1.21 bits per heavy atom. The van der Waals surface area contributed by atoms with Gasteiger partial charge in [0.25, 0.3) is 0 Å². The van der Waals surface area contributed by atoms with Crippen LogP contribution in [0.25, 0.3) is 5.69 Å². The number of aromatic nitrogens is 2. The van der Waals surface area contributed by atoms with Gasteiger partial charge in [-0.15, -0.1) is 0 Å². The normalized spacial score (nSPS) is 11.3. The molecule has 2 rings (SSSR count). The minimum Gasteiger partial charge on any atom is -0.310 e. The lowest BCUT2D eigenvalue weighted by Gasteiger charge is -2.09. The van der Waals surface area contributed by atoms with Gasteiger partial charge in [-0.05, 0) is 47.5 Å². The van der Waals surface area contributed by atoms with Crippen molar-refractivity contribution in [2.24, 2.45) is 0 Å². The summed E-state index contributed by atoms with van der Waals surface area (Å²) in [6.07, 6.45) is 0. The van der Waals surface area contributed by atoms with Crippen molar-refractivity contribution < 1.29 is 0 Å². The van der Waals surface area contributed by atoms with Crippen LogP contribution in [0.5, 0.6) is 0 Å². The second-order valence-electron chi connectivity index (χ2n) is 5.10. The molecule has 0 amide bonds. The summed E-state index contributed by atoms with van der Waals surface area (Å²) in [5, 5.41) is 7.95. The second-order valence-corrected chi connectivity index (χ2v) is 5.89. The molecule has 2 aromatic rings. The van der Waals surface area contributed by atoms with Crippen molar-refractivity contribution in [1.82, 2.24) is 15.1 Å². The van der Waals surface area contributed by atoms with Crippen molar-refractivity contribution in [3.63, 3.8) is 0 Å². The molecule has 0 aliphatic heterocycles. The molecule has 0 aliphatic rings. The largest absolute Gasteiger partial charge is 0.310 e. The third-order valence-corrected chi connectivity index (χ3v) is 4.25. The summed E-state index contributed by atoms with van der Waals surface area (Å²) in [5.74, 6) is 0. The molecule has 0 aliphatic carbocycles. The highest BCUT2D eigenvalue weighted by atomic mass is 79.9. The maximum Gasteiger partial charge on any atom is 0.0743 e. The van der Waals surface area contributed by atoms with Crippen LogP contribution in [0.3, 0.4) is 0 Å². The van der Waals surface area contributed by atoms with E-state index in [-0.39, 0.29) is 0 Å². The lowest BCUT2D eigenvalue weighted by molar-refractivity contribution is 0.589. The minimum atomic E-state index is 0.506. The third-order valence-electron chi connectivity index (χ3n) is 3.10. The molecule has 1 aromatic carbocycles. The average molecular weight is 322 g/mol. The van der Waals surface area contributed by atoms with Crippen LogP contribution in [0.1, 0.15) is 30.8 Å². The molecule has 0 radical (unpaired) electrons. The summed E-state index contributed by atoms with van der Waals surface area (Å²) in [7, 11) is 0. The Balaban J connectivity index is 2.20. The zero-order valence-corrected chi connectivity index (χ0v) is 13.5. The highest BCUT2D eigenvalue weighted by Crippen LogP contribution is 2.23. The molecular formula is C15H20BrN3. The van der Waals surface area contributed by atoms with Crippen LogP contribution in [0.2, 0.25) is 0 Å². The quantitative estimate of drug-likeness (QED) is 0.929. The van der Waals surface area contributed by atoms with Gasteiger partial charge in [0.2, 0.25) is 0 Å². The Morgan fingerprint density at radius 2 is 1.84 bits per heavy atom. The van der Waals surface area contributed by atoms with E-state index in [0.29, 0.717) is 6.04 Å². The maximum atomic E-state index is 4.54. The molecule has 0 atom stereocenters. The van der Waals surface area contributed by atoms with E-state index in [4.69, 9.17) is 0 Å². The van der Waals surface area contributed by atoms with Crippen molar-refractivity contribution >= 4 is 15.9 Å². The SMILES string of the molecule is Cc1nn(-c2ccc(CNC(C)C)cc2)c(C)c1Br. The molecule has 102 valence electrons. The van der Waals surface area contributed by atoms with Crippen molar-refractivity contribution in [3.05, 3.63) is 45.7 Å². The summed E-state index contributed by atoms with van der Waals surface area (Å²) in [4.78, 5) is 0. The molecule has 0 bridgehead atoms. The van der Waals surface area contributed by atoms with Gasteiger partial charge in [0.1, 0.15) is 0 Å². The van der Waals surface area contributed by atoms with E-state index in [9.17, 15) is 0 Å². The monoisotopic (exact) mass is 321 g/mol. The van der Waals surface area contributed by atoms with Crippen molar-refractivity contribution in [3.8, 4) is 5.69 Å². The number of benzene rings is 1. The first-order valence-electron chi connectivity index (χ1n) is 6.53. The molecule has 1 heterocycles. The maximum absolute atomic E-state index is 4.54. The van der Waals surface area contributed by atoms with Gasteiger partial charge in [-0.25, -0.2) is 4.68 Å². The Bertz CT molecular complexity index is 556. The third kappa shape index (κ3) is 3.25. The highest BCUT2D eigenvalue weighted by molar-refractivity contribution is 9.10. The van der Waals surface area contributed by atoms with Crippen LogP contribution in [-0.4, -0.2) is 15.8 Å². The predicted octanol–water partition coefficient (Wildman–Crippen LogP) is 3.75. The first kappa shape index (κ1) is 14.3. The molecule has 1 N–H and O–H groups in total. The summed E-state index contributed by atoms with van der Waals surface area (Å²) < 4.78 is 3.05. The van der Waals surface area contributed by atoms with Gasteiger partial charge in [-0.2, -0.15) is 5.10 Å². The zero-order valence-electron chi connectivity index (χ0n) is 11.9. The van der Waals surface area contributed by atoms with E-state index < -0.39 is 0 Å². The van der Waals surface area contributed by atoms with E-state index in [1.165, 1.54) is 5.56 Å². The standard InChI is InChI=1S/C15H20BrN3/c1-10(2)17-9-13-5-7-14(8-6-13)19-12(4)15(16)11(3)18-19/h5-8,10,17H,9H2,1-4H3. The first-order chi connectivity index (χ1) is 8.99. The zero-order chi connectivity index (χ0) is 14.0. The number of nitrogens with zero attached hydrogens (tertiary/aromatic N) is 2. The predicted molar refractivity (Wildman–Crippen MR) is 82.7 cm³/mol. The first-order valence-corrected chi connectivity index (χ1v) is 7.32. The van der Waals surface area contributed by atoms with Gasteiger partial charge in [0.15, 0.2) is 0 Å². The number of aryl methyl sites for hydroxylation is 1. The van der Waals surface area contributed by atoms with Gasteiger partial charge in [0.05, 0.1) is 21.5 Å². The Kier molecular flexibility index (Phi) is 4.42. The molecule has 0 saturated heterocycles. The van der Waals surface area contributed by atoms with E-state index in [0.717, 1.165) is 28.1 Å². The van der Waals surface area contributed by atoms with Crippen LogP contribution in [0.4, 0.5) is 0 Å². The lowest BCUT2D eigenvalue weighted by Crippen LogP contribution is -2.21. The summed E-state index contributed by atoms with van der Waals surface area (Å²) in [6, 6.07) is 9.03. The Morgan fingerprint density at radius 3 is 2.32 bits per heavy atom. The van der Waals surface area contributed by atoms with Gasteiger partial charge in [-0.1, -0.05) is 26.0 Å². The van der Waals surface area contributed by atoms with Gasteiger partial charge < -0.3 is 5.32 Å². The van der Waals surface area contributed by atoms with E-state index in [2.05, 4.69) is 71.4 Å². The van der Waals surface area contributed by atoms with Crippen LogP contribution >= 0.6 is 15.9 Å². The number of nitrogens with one attached hydrogen (secondary N) is 1. The smallest absolute Gasteiger partial charge is 0.0743 e. The lowest BCUT2D eigenvalue weighted by atomic mass is 10.2. The van der Waals surface area contributed by atoms with Crippen LogP contribution in [0.15, 0.2) is 28.7 Å². The fourth-order valence-electron chi connectivity index (χ4n) is 1.95. The van der Waals surface area contributed by atoms with Gasteiger partial charge >= 0.3 is 0 Å². The number of rotatable bonds is 4. The number of hydrogen-bond acceptors (Lipinski definition) is 2. The van der Waals surface area contributed by atoms with E-state index in [1.807, 2.05) is 11.6 Å². The molecule has 0 spiro atoms. The molecular weight excluding hydrogens is 302 g/mol. The van der Waals surface area contributed by atoms with E-state index in [1.54, 1.807) is 0 Å². The number of halogens is 1. The van der Waals surface area contributed by atoms with Gasteiger partial charge in [-0.3, -0.25) is 0 Å². The fourth-order valence-corrected chi connectivity index (χ4v) is 2.20. The molecule has 19 heavy (non-hydrogen) atoms. The van der Waals surface area contributed by atoms with Crippen LogP contribution in [-0.2, 0) is 6.54 Å². The highest BCUT2D eigenvalue weighted by Gasteiger charge is 2.09. The summed E-state index contributed by atoms with van der Waals surface area (Å²) in [5.41, 5.74) is 4.53. The fraction of sp³-hybridized carbons (Fsp3) is 0.400. The summed E-state index contributed by atoms with van der Waals surface area (Å²) in [6.45, 7) is 9.29. The van der Waals surface area contributed by atoms with Crippen LogP contribution in [0, 0.1) is 13.8 Å². The van der Waals surface area contributed by atoms with E-state index >= 15 is 0 Å². The molecule has 3 nitrogen and oxygen atoms in total. The van der Waals surface area contributed by atoms with Crippen molar-refractivity contribution in [1.29, 1.82) is 0 Å². The Hall–Kier alpha value is -1.13. The van der Waals surface area contributed by atoms with Gasteiger partial charge in [0, 0.05) is 12.6 Å².